The highest BCUT2D eigenvalue weighted by Crippen LogP contribution is 2.27. The minimum absolute atomic E-state index is 0.0732. The zero-order valence-electron chi connectivity index (χ0n) is 14.6. The standard InChI is InChI=1S/C21H20N2O3/c1-14-19(23-21(26-14)15-6-3-2-4-7-15)13-25-17-10-11-18-16(12-17)8-5-9-20(24)22-18/h2-4,6-7,10-12H,5,8-9,13H2,1H3,(H,22,24). The molecule has 0 atom stereocenters. The summed E-state index contributed by atoms with van der Waals surface area (Å²) < 4.78 is 11.7. The van der Waals surface area contributed by atoms with Crippen molar-refractivity contribution in [1.29, 1.82) is 0 Å². The van der Waals surface area contributed by atoms with Gasteiger partial charge in [-0.3, -0.25) is 4.79 Å². The van der Waals surface area contributed by atoms with Gasteiger partial charge in [-0.05, 0) is 55.7 Å². The molecule has 1 amide bonds. The quantitative estimate of drug-likeness (QED) is 0.754. The Bertz CT molecular complexity index is 932. The maximum Gasteiger partial charge on any atom is 0.226 e. The lowest BCUT2D eigenvalue weighted by Gasteiger charge is -2.10. The first kappa shape index (κ1) is 16.4. The van der Waals surface area contributed by atoms with Crippen LogP contribution < -0.4 is 10.1 Å². The highest BCUT2D eigenvalue weighted by molar-refractivity contribution is 5.92. The molecule has 5 heteroatoms. The molecule has 0 spiro atoms. The van der Waals surface area contributed by atoms with E-state index >= 15 is 0 Å². The number of anilines is 1. The fourth-order valence-corrected chi connectivity index (χ4v) is 3.06. The Hall–Kier alpha value is -3.08. The number of carbonyl (C=O) groups excluding carboxylic acids is 1. The smallest absolute Gasteiger partial charge is 0.226 e. The van der Waals surface area contributed by atoms with Crippen LogP contribution in [0.1, 0.15) is 29.9 Å². The summed E-state index contributed by atoms with van der Waals surface area (Å²) in [5, 5.41) is 2.93. The molecule has 1 aliphatic rings. The van der Waals surface area contributed by atoms with Crippen LogP contribution in [0.3, 0.4) is 0 Å². The van der Waals surface area contributed by atoms with E-state index in [1.165, 1.54) is 0 Å². The number of ether oxygens (including phenoxy) is 1. The van der Waals surface area contributed by atoms with Crippen LogP contribution in [0.2, 0.25) is 0 Å². The van der Waals surface area contributed by atoms with Crippen LogP contribution in [0, 0.1) is 6.92 Å². The molecule has 1 aliphatic heterocycles. The molecule has 0 saturated heterocycles. The first-order chi connectivity index (χ1) is 12.7. The van der Waals surface area contributed by atoms with Crippen LogP contribution in [0.4, 0.5) is 5.69 Å². The Labute approximate surface area is 152 Å². The maximum absolute atomic E-state index is 11.6. The van der Waals surface area contributed by atoms with E-state index in [1.54, 1.807) is 0 Å². The third kappa shape index (κ3) is 3.47. The van der Waals surface area contributed by atoms with E-state index in [9.17, 15) is 4.79 Å². The van der Waals surface area contributed by atoms with Crippen LogP contribution in [0.5, 0.6) is 5.75 Å². The molecule has 5 nitrogen and oxygen atoms in total. The summed E-state index contributed by atoms with van der Waals surface area (Å²) >= 11 is 0. The lowest BCUT2D eigenvalue weighted by atomic mass is 10.1. The molecule has 1 N–H and O–H groups in total. The number of hydrogen-bond donors (Lipinski definition) is 1. The van der Waals surface area contributed by atoms with Gasteiger partial charge in [-0.15, -0.1) is 0 Å². The number of nitrogens with one attached hydrogen (secondary N) is 1. The van der Waals surface area contributed by atoms with Crippen molar-refractivity contribution < 1.29 is 13.9 Å². The molecule has 132 valence electrons. The third-order valence-electron chi connectivity index (χ3n) is 4.49. The summed E-state index contributed by atoms with van der Waals surface area (Å²) in [6, 6.07) is 15.6. The van der Waals surface area contributed by atoms with Gasteiger partial charge >= 0.3 is 0 Å². The molecule has 26 heavy (non-hydrogen) atoms. The summed E-state index contributed by atoms with van der Waals surface area (Å²) in [7, 11) is 0. The van der Waals surface area contributed by atoms with Gasteiger partial charge in [0, 0.05) is 17.7 Å². The number of aromatic nitrogens is 1. The molecule has 0 radical (unpaired) electrons. The van der Waals surface area contributed by atoms with E-state index in [0.717, 1.165) is 46.9 Å². The number of fused-ring (bicyclic) bond motifs is 1. The highest BCUT2D eigenvalue weighted by Gasteiger charge is 2.15. The van der Waals surface area contributed by atoms with Gasteiger partial charge in [-0.25, -0.2) is 4.98 Å². The second kappa shape index (κ2) is 7.04. The lowest BCUT2D eigenvalue weighted by molar-refractivity contribution is -0.116. The van der Waals surface area contributed by atoms with E-state index in [2.05, 4.69) is 10.3 Å². The van der Waals surface area contributed by atoms with Gasteiger partial charge in [0.25, 0.3) is 0 Å². The second-order valence-electron chi connectivity index (χ2n) is 6.40. The van der Waals surface area contributed by atoms with E-state index < -0.39 is 0 Å². The van der Waals surface area contributed by atoms with E-state index in [0.29, 0.717) is 18.9 Å². The zero-order chi connectivity index (χ0) is 17.9. The number of amides is 1. The van der Waals surface area contributed by atoms with E-state index in [-0.39, 0.29) is 5.91 Å². The number of hydrogen-bond acceptors (Lipinski definition) is 4. The van der Waals surface area contributed by atoms with Crippen LogP contribution in [0.15, 0.2) is 52.9 Å². The molecule has 0 aliphatic carbocycles. The molecule has 3 aromatic rings. The van der Waals surface area contributed by atoms with Crippen LogP contribution in [-0.2, 0) is 17.8 Å². The Morgan fingerprint density at radius 1 is 1.15 bits per heavy atom. The molecule has 2 aromatic carbocycles. The van der Waals surface area contributed by atoms with Crippen molar-refractivity contribution in [3.63, 3.8) is 0 Å². The number of nitrogens with zero attached hydrogens (tertiary/aromatic N) is 1. The summed E-state index contributed by atoms with van der Waals surface area (Å²) in [6.45, 7) is 2.23. The van der Waals surface area contributed by atoms with Crippen LogP contribution >= 0.6 is 0 Å². The maximum atomic E-state index is 11.6. The van der Waals surface area contributed by atoms with Gasteiger partial charge in [0.05, 0.1) is 0 Å². The topological polar surface area (TPSA) is 64.4 Å². The lowest BCUT2D eigenvalue weighted by Crippen LogP contribution is -2.09. The first-order valence-corrected chi connectivity index (χ1v) is 8.76. The average Bonchev–Trinajstić information content (AvgIpc) is 2.92. The van der Waals surface area contributed by atoms with Crippen molar-refractivity contribution in [3.05, 3.63) is 65.5 Å². The van der Waals surface area contributed by atoms with Crippen molar-refractivity contribution in [2.75, 3.05) is 5.32 Å². The molecule has 1 aromatic heterocycles. The zero-order valence-corrected chi connectivity index (χ0v) is 14.6. The van der Waals surface area contributed by atoms with Crippen LogP contribution in [-0.4, -0.2) is 10.9 Å². The van der Waals surface area contributed by atoms with Crippen LogP contribution in [0.25, 0.3) is 11.5 Å². The Morgan fingerprint density at radius 2 is 2.00 bits per heavy atom. The molecule has 0 saturated carbocycles. The molecule has 0 unspecified atom stereocenters. The fourth-order valence-electron chi connectivity index (χ4n) is 3.06. The largest absolute Gasteiger partial charge is 0.487 e. The van der Waals surface area contributed by atoms with Crippen molar-refractivity contribution in [2.24, 2.45) is 0 Å². The molecule has 2 heterocycles. The Morgan fingerprint density at radius 3 is 2.85 bits per heavy atom. The average molecular weight is 348 g/mol. The summed E-state index contributed by atoms with van der Waals surface area (Å²) in [6.07, 6.45) is 2.28. The molecule has 0 bridgehead atoms. The molecular formula is C21H20N2O3. The van der Waals surface area contributed by atoms with Crippen molar-refractivity contribution in [2.45, 2.75) is 32.8 Å². The number of oxazole rings is 1. The Kier molecular flexibility index (Phi) is 4.44. The summed E-state index contributed by atoms with van der Waals surface area (Å²) in [5.74, 6) is 2.20. The second-order valence-corrected chi connectivity index (χ2v) is 6.40. The minimum atomic E-state index is 0.0732. The van der Waals surface area contributed by atoms with Crippen molar-refractivity contribution >= 4 is 11.6 Å². The molecule has 0 fully saturated rings. The number of benzene rings is 2. The molecular weight excluding hydrogens is 328 g/mol. The monoisotopic (exact) mass is 348 g/mol. The number of aryl methyl sites for hydroxylation is 2. The Balaban J connectivity index is 1.49. The highest BCUT2D eigenvalue weighted by atomic mass is 16.5. The minimum Gasteiger partial charge on any atom is -0.487 e. The van der Waals surface area contributed by atoms with Gasteiger partial charge in [0.2, 0.25) is 11.8 Å². The van der Waals surface area contributed by atoms with Gasteiger partial charge in [-0.2, -0.15) is 0 Å². The van der Waals surface area contributed by atoms with Gasteiger partial charge < -0.3 is 14.5 Å². The van der Waals surface area contributed by atoms with Crippen molar-refractivity contribution in [3.8, 4) is 17.2 Å². The first-order valence-electron chi connectivity index (χ1n) is 8.76. The summed E-state index contributed by atoms with van der Waals surface area (Å²) in [4.78, 5) is 16.2. The predicted octanol–water partition coefficient (Wildman–Crippen LogP) is 4.50. The summed E-state index contributed by atoms with van der Waals surface area (Å²) in [5.41, 5.74) is 3.72. The van der Waals surface area contributed by atoms with Gasteiger partial charge in [0.15, 0.2) is 0 Å². The van der Waals surface area contributed by atoms with E-state index in [4.69, 9.17) is 9.15 Å². The van der Waals surface area contributed by atoms with Gasteiger partial charge in [0.1, 0.15) is 23.8 Å². The molecule has 4 rings (SSSR count). The predicted molar refractivity (Wildman–Crippen MR) is 99.0 cm³/mol. The fraction of sp³-hybridized carbons (Fsp3) is 0.238. The van der Waals surface area contributed by atoms with Crippen molar-refractivity contribution in [1.82, 2.24) is 4.98 Å². The SMILES string of the molecule is Cc1oc(-c2ccccc2)nc1COc1ccc2c(c1)CCCC(=O)N2. The third-order valence-corrected chi connectivity index (χ3v) is 4.49. The number of rotatable bonds is 4. The number of carbonyl (C=O) groups is 1. The van der Waals surface area contributed by atoms with Gasteiger partial charge in [-0.1, -0.05) is 18.2 Å². The normalized spacial score (nSPS) is 13.7. The van der Waals surface area contributed by atoms with E-state index in [1.807, 2.05) is 55.5 Å².